The lowest BCUT2D eigenvalue weighted by molar-refractivity contribution is 0.428. The SMILES string of the molecule is CS(=O)(=O)c1cccnc1CN=C(N)N1CCCCCC1.I. The minimum Gasteiger partial charge on any atom is -0.370 e. The van der Waals surface area contributed by atoms with Crippen molar-refractivity contribution in [2.75, 3.05) is 19.3 Å². The van der Waals surface area contributed by atoms with Crippen molar-refractivity contribution in [2.45, 2.75) is 37.1 Å². The highest BCUT2D eigenvalue weighted by molar-refractivity contribution is 14.0. The number of hydrogen-bond donors (Lipinski definition) is 1. The van der Waals surface area contributed by atoms with Gasteiger partial charge in [-0.1, -0.05) is 12.8 Å². The molecule has 0 amide bonds. The third kappa shape index (κ3) is 5.38. The molecule has 0 saturated carbocycles. The van der Waals surface area contributed by atoms with Crippen LogP contribution in [0, 0.1) is 0 Å². The Kier molecular flexibility index (Phi) is 7.54. The number of pyridine rings is 1. The maximum absolute atomic E-state index is 11.7. The molecule has 1 saturated heterocycles. The van der Waals surface area contributed by atoms with Crippen LogP contribution in [0.25, 0.3) is 0 Å². The van der Waals surface area contributed by atoms with Gasteiger partial charge in [0.25, 0.3) is 0 Å². The van der Waals surface area contributed by atoms with Crippen LogP contribution in [-0.4, -0.2) is 43.6 Å². The normalized spacial score (nSPS) is 16.8. The highest BCUT2D eigenvalue weighted by Gasteiger charge is 2.15. The molecule has 0 aromatic carbocycles. The first-order valence-corrected chi connectivity index (χ1v) is 9.06. The molecule has 2 N–H and O–H groups in total. The van der Waals surface area contributed by atoms with E-state index < -0.39 is 9.84 Å². The van der Waals surface area contributed by atoms with Crippen LogP contribution in [-0.2, 0) is 16.4 Å². The zero-order valence-electron chi connectivity index (χ0n) is 12.7. The first kappa shape index (κ1) is 19.1. The summed E-state index contributed by atoms with van der Waals surface area (Å²) >= 11 is 0. The number of aliphatic imine (C=N–C) groups is 1. The first-order chi connectivity index (χ1) is 9.98. The van der Waals surface area contributed by atoms with Crippen LogP contribution in [0.3, 0.4) is 0 Å². The minimum absolute atomic E-state index is 0. The molecule has 0 bridgehead atoms. The van der Waals surface area contributed by atoms with Gasteiger partial charge in [-0.15, -0.1) is 24.0 Å². The molecule has 1 aliphatic rings. The lowest BCUT2D eigenvalue weighted by Gasteiger charge is -2.21. The molecule has 1 fully saturated rings. The summed E-state index contributed by atoms with van der Waals surface area (Å²) in [6.45, 7) is 2.01. The van der Waals surface area contributed by atoms with Crippen molar-refractivity contribution in [3.63, 3.8) is 0 Å². The first-order valence-electron chi connectivity index (χ1n) is 7.17. The van der Waals surface area contributed by atoms with Crippen molar-refractivity contribution >= 4 is 39.8 Å². The monoisotopic (exact) mass is 438 g/mol. The maximum Gasteiger partial charge on any atom is 0.191 e. The average molecular weight is 438 g/mol. The number of guanidine groups is 1. The fourth-order valence-corrected chi connectivity index (χ4v) is 3.31. The fourth-order valence-electron chi connectivity index (χ4n) is 2.44. The highest BCUT2D eigenvalue weighted by Crippen LogP contribution is 2.14. The van der Waals surface area contributed by atoms with Gasteiger partial charge in [-0.3, -0.25) is 4.98 Å². The van der Waals surface area contributed by atoms with E-state index in [4.69, 9.17) is 5.73 Å². The van der Waals surface area contributed by atoms with Crippen LogP contribution in [0.15, 0.2) is 28.2 Å². The van der Waals surface area contributed by atoms with Crippen LogP contribution >= 0.6 is 24.0 Å². The van der Waals surface area contributed by atoms with E-state index >= 15 is 0 Å². The number of nitrogens with zero attached hydrogens (tertiary/aromatic N) is 3. The van der Waals surface area contributed by atoms with Gasteiger partial charge in [-0.2, -0.15) is 0 Å². The van der Waals surface area contributed by atoms with Gasteiger partial charge in [0.05, 0.1) is 17.1 Å². The van der Waals surface area contributed by atoms with Gasteiger partial charge in [0.15, 0.2) is 15.8 Å². The number of sulfone groups is 1. The van der Waals surface area contributed by atoms with Crippen molar-refractivity contribution in [2.24, 2.45) is 10.7 Å². The summed E-state index contributed by atoms with van der Waals surface area (Å²) in [5.41, 5.74) is 6.47. The molecule has 0 radical (unpaired) electrons. The molecule has 2 heterocycles. The van der Waals surface area contributed by atoms with Gasteiger partial charge < -0.3 is 10.6 Å². The highest BCUT2D eigenvalue weighted by atomic mass is 127. The van der Waals surface area contributed by atoms with E-state index in [0.717, 1.165) is 25.9 Å². The second-order valence-corrected chi connectivity index (χ2v) is 7.28. The second-order valence-electron chi connectivity index (χ2n) is 5.30. The lowest BCUT2D eigenvalue weighted by Crippen LogP contribution is -2.38. The Morgan fingerprint density at radius 2 is 1.95 bits per heavy atom. The van der Waals surface area contributed by atoms with Crippen molar-refractivity contribution in [3.05, 3.63) is 24.0 Å². The van der Waals surface area contributed by atoms with Gasteiger partial charge >= 0.3 is 0 Å². The third-order valence-electron chi connectivity index (χ3n) is 3.57. The van der Waals surface area contributed by atoms with E-state index in [1.54, 1.807) is 18.3 Å². The van der Waals surface area contributed by atoms with Gasteiger partial charge in [-0.05, 0) is 25.0 Å². The van der Waals surface area contributed by atoms with E-state index in [9.17, 15) is 8.42 Å². The van der Waals surface area contributed by atoms with E-state index in [-0.39, 0.29) is 35.4 Å². The van der Waals surface area contributed by atoms with E-state index in [1.165, 1.54) is 19.1 Å². The van der Waals surface area contributed by atoms with Crippen molar-refractivity contribution in [3.8, 4) is 0 Å². The zero-order valence-corrected chi connectivity index (χ0v) is 15.9. The van der Waals surface area contributed by atoms with Crippen molar-refractivity contribution < 1.29 is 8.42 Å². The van der Waals surface area contributed by atoms with E-state index in [0.29, 0.717) is 11.7 Å². The molecule has 0 unspecified atom stereocenters. The van der Waals surface area contributed by atoms with Gasteiger partial charge in [0.2, 0.25) is 0 Å². The third-order valence-corrected chi connectivity index (χ3v) is 4.74. The summed E-state index contributed by atoms with van der Waals surface area (Å²) < 4.78 is 23.4. The molecule has 2 rings (SSSR count). The van der Waals surface area contributed by atoms with Crippen molar-refractivity contribution in [1.82, 2.24) is 9.88 Å². The Morgan fingerprint density at radius 3 is 2.55 bits per heavy atom. The van der Waals surface area contributed by atoms with Crippen LogP contribution in [0.2, 0.25) is 0 Å². The quantitative estimate of drug-likeness (QED) is 0.442. The number of halogens is 1. The zero-order chi connectivity index (χ0) is 15.3. The lowest BCUT2D eigenvalue weighted by atomic mass is 10.2. The Balaban J connectivity index is 0.00000242. The molecule has 0 atom stereocenters. The van der Waals surface area contributed by atoms with Gasteiger partial charge in [-0.25, -0.2) is 13.4 Å². The largest absolute Gasteiger partial charge is 0.370 e. The summed E-state index contributed by atoms with van der Waals surface area (Å²) in [4.78, 5) is 10.7. The number of nitrogens with two attached hydrogens (primary N) is 1. The Morgan fingerprint density at radius 1 is 1.32 bits per heavy atom. The molecule has 124 valence electrons. The summed E-state index contributed by atoms with van der Waals surface area (Å²) in [7, 11) is -3.30. The second kappa shape index (κ2) is 8.66. The Hall–Kier alpha value is -0.900. The summed E-state index contributed by atoms with van der Waals surface area (Å²) in [5, 5.41) is 0. The Labute approximate surface area is 149 Å². The van der Waals surface area contributed by atoms with Gasteiger partial charge in [0, 0.05) is 25.5 Å². The molecule has 22 heavy (non-hydrogen) atoms. The molecular weight excluding hydrogens is 415 g/mol. The van der Waals surface area contributed by atoms with Gasteiger partial charge in [0.1, 0.15) is 0 Å². The smallest absolute Gasteiger partial charge is 0.191 e. The molecule has 1 aromatic heterocycles. The Bertz CT molecular complexity index is 611. The molecular formula is C14H23IN4O2S. The molecule has 6 nitrogen and oxygen atoms in total. The van der Waals surface area contributed by atoms with Crippen LogP contribution in [0.4, 0.5) is 0 Å². The summed E-state index contributed by atoms with van der Waals surface area (Å²) in [6.07, 6.45) is 7.43. The number of aromatic nitrogens is 1. The summed E-state index contributed by atoms with van der Waals surface area (Å²) in [6, 6.07) is 3.16. The molecule has 1 aliphatic heterocycles. The predicted molar refractivity (Wildman–Crippen MR) is 98.1 cm³/mol. The van der Waals surface area contributed by atoms with Crippen molar-refractivity contribution in [1.29, 1.82) is 0 Å². The topological polar surface area (TPSA) is 88.6 Å². The van der Waals surface area contributed by atoms with Crippen LogP contribution < -0.4 is 5.73 Å². The maximum atomic E-state index is 11.7. The average Bonchev–Trinajstić information content (AvgIpc) is 2.73. The van der Waals surface area contributed by atoms with E-state index in [2.05, 4.69) is 14.9 Å². The standard InChI is InChI=1S/C14H22N4O2S.HI/c1-21(19,20)13-7-6-8-16-12(13)11-17-14(15)18-9-4-2-3-5-10-18;/h6-8H,2-5,9-11H2,1H3,(H2,15,17);1H. The number of hydrogen-bond acceptors (Lipinski definition) is 4. The number of rotatable bonds is 3. The number of likely N-dealkylation sites (tertiary alicyclic amines) is 1. The molecule has 0 spiro atoms. The molecule has 8 heteroatoms. The van der Waals surface area contributed by atoms with Crippen LogP contribution in [0.5, 0.6) is 0 Å². The van der Waals surface area contributed by atoms with Crippen LogP contribution in [0.1, 0.15) is 31.4 Å². The molecule has 1 aromatic rings. The predicted octanol–water partition coefficient (Wildman–Crippen LogP) is 1.79. The minimum atomic E-state index is -3.30. The van der Waals surface area contributed by atoms with E-state index in [1.807, 2.05) is 0 Å². The fraction of sp³-hybridized carbons (Fsp3) is 0.571. The molecule has 0 aliphatic carbocycles. The summed E-state index contributed by atoms with van der Waals surface area (Å²) in [5.74, 6) is 0.474.